The Balaban J connectivity index is 2.14. The van der Waals surface area contributed by atoms with E-state index in [-0.39, 0.29) is 5.54 Å². The van der Waals surface area contributed by atoms with Crippen molar-refractivity contribution >= 4 is 0 Å². The average molecular weight is 500 g/mol. The van der Waals surface area contributed by atoms with Crippen LogP contribution in [-0.2, 0) is 12.0 Å². The van der Waals surface area contributed by atoms with Crippen molar-refractivity contribution in [1.82, 2.24) is 5.32 Å². The Labute approximate surface area is 228 Å². The molecule has 0 aliphatic rings. The van der Waals surface area contributed by atoms with Gasteiger partial charge in [0.1, 0.15) is 0 Å². The van der Waals surface area contributed by atoms with Crippen LogP contribution in [0.5, 0.6) is 0 Å². The van der Waals surface area contributed by atoms with Crippen LogP contribution in [0.2, 0.25) is 0 Å². The Morgan fingerprint density at radius 2 is 0.889 bits per heavy atom. The first-order valence-electron chi connectivity index (χ1n) is 16.4. The van der Waals surface area contributed by atoms with E-state index in [4.69, 9.17) is 0 Å². The molecule has 1 aromatic rings. The summed E-state index contributed by atoms with van der Waals surface area (Å²) in [6.45, 7) is 10.5. The molecule has 0 unspecified atom stereocenters. The Morgan fingerprint density at radius 3 is 1.36 bits per heavy atom. The average Bonchev–Trinajstić information content (AvgIpc) is 2.88. The first kappa shape index (κ1) is 33.2. The Morgan fingerprint density at radius 1 is 0.500 bits per heavy atom. The van der Waals surface area contributed by atoms with Crippen molar-refractivity contribution in [3.63, 3.8) is 0 Å². The normalized spacial score (nSPS) is 11.9. The standard InChI is InChI=1S/C35H65N/c1-5-7-9-11-13-15-17-18-19-21-23-25-29-33-30-26-27-31-34(33)35(3,4)36-32-28-24-22-20-16-14-12-10-8-6-2/h26-27,30-31,36H,5-25,28-29,32H2,1-4H3. The van der Waals surface area contributed by atoms with Gasteiger partial charge in [-0.1, -0.05) is 167 Å². The van der Waals surface area contributed by atoms with Gasteiger partial charge in [0, 0.05) is 5.54 Å². The van der Waals surface area contributed by atoms with Gasteiger partial charge in [0.05, 0.1) is 0 Å². The SMILES string of the molecule is CCCCCCCCCCCCCCc1ccccc1C(C)(C)NCCCCCCCCCCCC. The number of benzene rings is 1. The number of rotatable bonds is 26. The van der Waals surface area contributed by atoms with Crippen LogP contribution in [-0.4, -0.2) is 6.54 Å². The number of nitrogens with one attached hydrogen (secondary N) is 1. The summed E-state index contributed by atoms with van der Waals surface area (Å²) < 4.78 is 0. The van der Waals surface area contributed by atoms with Crippen molar-refractivity contribution in [2.24, 2.45) is 0 Å². The quantitative estimate of drug-likeness (QED) is 0.125. The van der Waals surface area contributed by atoms with Crippen molar-refractivity contribution in [2.75, 3.05) is 6.54 Å². The smallest absolute Gasteiger partial charge is 0.0380 e. The molecule has 0 atom stereocenters. The van der Waals surface area contributed by atoms with Gasteiger partial charge >= 0.3 is 0 Å². The molecule has 1 nitrogen and oxygen atoms in total. The Bertz CT molecular complexity index is 590. The van der Waals surface area contributed by atoms with Crippen molar-refractivity contribution in [3.05, 3.63) is 35.4 Å². The lowest BCUT2D eigenvalue weighted by molar-refractivity contribution is 0.391. The first-order valence-corrected chi connectivity index (χ1v) is 16.4. The van der Waals surface area contributed by atoms with Crippen molar-refractivity contribution in [3.8, 4) is 0 Å². The first-order chi connectivity index (χ1) is 17.6. The van der Waals surface area contributed by atoms with E-state index in [1.807, 2.05) is 0 Å². The fraction of sp³-hybridized carbons (Fsp3) is 0.829. The van der Waals surface area contributed by atoms with Gasteiger partial charge in [0.2, 0.25) is 0 Å². The van der Waals surface area contributed by atoms with Crippen LogP contribution >= 0.6 is 0 Å². The highest BCUT2D eigenvalue weighted by atomic mass is 14.9. The van der Waals surface area contributed by atoms with Gasteiger partial charge in [-0.05, 0) is 50.8 Å². The number of aryl methyl sites for hydroxylation is 1. The van der Waals surface area contributed by atoms with Crippen molar-refractivity contribution < 1.29 is 0 Å². The minimum absolute atomic E-state index is 0.0625. The van der Waals surface area contributed by atoms with Gasteiger partial charge in [-0.3, -0.25) is 0 Å². The minimum Gasteiger partial charge on any atom is -0.308 e. The van der Waals surface area contributed by atoms with Crippen LogP contribution in [0.15, 0.2) is 24.3 Å². The highest BCUT2D eigenvalue weighted by molar-refractivity contribution is 5.33. The zero-order valence-corrected chi connectivity index (χ0v) is 25.3. The Hall–Kier alpha value is -0.820. The lowest BCUT2D eigenvalue weighted by atomic mass is 9.87. The van der Waals surface area contributed by atoms with E-state index in [9.17, 15) is 0 Å². The lowest BCUT2D eigenvalue weighted by Crippen LogP contribution is -2.38. The van der Waals surface area contributed by atoms with Crippen molar-refractivity contribution in [1.29, 1.82) is 0 Å². The lowest BCUT2D eigenvalue weighted by Gasteiger charge is -2.29. The summed E-state index contributed by atoms with van der Waals surface area (Å²) in [5.41, 5.74) is 3.14. The number of hydrogen-bond acceptors (Lipinski definition) is 1. The summed E-state index contributed by atoms with van der Waals surface area (Å²) in [5.74, 6) is 0. The molecular weight excluding hydrogens is 434 g/mol. The monoisotopic (exact) mass is 500 g/mol. The third kappa shape index (κ3) is 17.6. The van der Waals surface area contributed by atoms with E-state index in [0.717, 1.165) is 6.54 Å². The van der Waals surface area contributed by atoms with E-state index in [1.165, 1.54) is 153 Å². The van der Waals surface area contributed by atoms with E-state index >= 15 is 0 Å². The maximum Gasteiger partial charge on any atom is 0.0380 e. The third-order valence-electron chi connectivity index (χ3n) is 8.09. The molecule has 0 radical (unpaired) electrons. The summed E-state index contributed by atoms with van der Waals surface area (Å²) in [5, 5.41) is 3.89. The van der Waals surface area contributed by atoms with Crippen LogP contribution < -0.4 is 5.32 Å². The fourth-order valence-corrected chi connectivity index (χ4v) is 5.61. The van der Waals surface area contributed by atoms with Gasteiger partial charge in [-0.2, -0.15) is 0 Å². The molecule has 0 amide bonds. The molecular formula is C35H65N. The predicted molar refractivity (Wildman–Crippen MR) is 164 cm³/mol. The summed E-state index contributed by atoms with van der Waals surface area (Å²) in [6.07, 6.45) is 32.4. The predicted octanol–water partition coefficient (Wildman–Crippen LogP) is 11.7. The third-order valence-corrected chi connectivity index (χ3v) is 8.09. The van der Waals surface area contributed by atoms with E-state index < -0.39 is 0 Å². The summed E-state index contributed by atoms with van der Waals surface area (Å²) in [7, 11) is 0. The maximum atomic E-state index is 3.89. The van der Waals surface area contributed by atoms with E-state index in [1.54, 1.807) is 5.56 Å². The molecule has 0 spiro atoms. The molecule has 0 aliphatic heterocycles. The molecule has 0 aliphatic carbocycles. The second-order valence-corrected chi connectivity index (χ2v) is 12.0. The second kappa shape index (κ2) is 23.3. The summed E-state index contributed by atoms with van der Waals surface area (Å²) >= 11 is 0. The van der Waals surface area contributed by atoms with Crippen LogP contribution in [0.4, 0.5) is 0 Å². The highest BCUT2D eigenvalue weighted by Gasteiger charge is 2.22. The van der Waals surface area contributed by atoms with Crippen molar-refractivity contribution in [2.45, 2.75) is 181 Å². The second-order valence-electron chi connectivity index (χ2n) is 12.0. The zero-order valence-electron chi connectivity index (χ0n) is 25.3. The van der Waals surface area contributed by atoms with Crippen LogP contribution in [0, 0.1) is 0 Å². The summed E-state index contributed by atoms with van der Waals surface area (Å²) in [6, 6.07) is 9.20. The number of hydrogen-bond donors (Lipinski definition) is 1. The molecule has 0 heterocycles. The van der Waals surface area contributed by atoms with Gasteiger partial charge in [0.25, 0.3) is 0 Å². The van der Waals surface area contributed by atoms with Crippen LogP contribution in [0.3, 0.4) is 0 Å². The maximum absolute atomic E-state index is 3.89. The molecule has 0 bridgehead atoms. The van der Waals surface area contributed by atoms with Gasteiger partial charge in [0.15, 0.2) is 0 Å². The topological polar surface area (TPSA) is 12.0 Å². The summed E-state index contributed by atoms with van der Waals surface area (Å²) in [4.78, 5) is 0. The van der Waals surface area contributed by atoms with Crippen LogP contribution in [0.25, 0.3) is 0 Å². The molecule has 0 saturated carbocycles. The van der Waals surface area contributed by atoms with Crippen LogP contribution in [0.1, 0.15) is 180 Å². The molecule has 1 heteroatoms. The number of unbranched alkanes of at least 4 members (excludes halogenated alkanes) is 20. The van der Waals surface area contributed by atoms with Gasteiger partial charge < -0.3 is 5.32 Å². The van der Waals surface area contributed by atoms with E-state index in [0.29, 0.717) is 0 Å². The molecule has 210 valence electrons. The molecule has 0 saturated heterocycles. The molecule has 0 aromatic heterocycles. The fourth-order valence-electron chi connectivity index (χ4n) is 5.61. The molecule has 36 heavy (non-hydrogen) atoms. The van der Waals surface area contributed by atoms with E-state index in [2.05, 4.69) is 57.3 Å². The molecule has 1 aromatic carbocycles. The van der Waals surface area contributed by atoms with Gasteiger partial charge in [-0.25, -0.2) is 0 Å². The highest BCUT2D eigenvalue weighted by Crippen LogP contribution is 2.26. The van der Waals surface area contributed by atoms with Gasteiger partial charge in [-0.15, -0.1) is 0 Å². The molecule has 1 rings (SSSR count). The molecule has 0 fully saturated rings. The largest absolute Gasteiger partial charge is 0.308 e. The Kier molecular flexibility index (Phi) is 21.5. The minimum atomic E-state index is 0.0625. The zero-order chi connectivity index (χ0) is 26.2. The molecule has 1 N–H and O–H groups in total.